The molecule has 3 rings (SSSR count). The summed E-state index contributed by atoms with van der Waals surface area (Å²) in [5.41, 5.74) is 1.05. The maximum atomic E-state index is 6.09. The predicted octanol–water partition coefficient (Wildman–Crippen LogP) is 4.72. The van der Waals surface area contributed by atoms with Crippen LogP contribution in [-0.2, 0) is 0 Å². The number of hydrogen-bond donors (Lipinski definition) is 2. The second-order valence-corrected chi connectivity index (χ2v) is 6.93. The molecule has 0 radical (unpaired) electrons. The first kappa shape index (κ1) is 14.5. The molecule has 2 aliphatic rings. The maximum absolute atomic E-state index is 6.09. The molecule has 1 aliphatic carbocycles. The second-order valence-electron chi connectivity index (χ2n) is 6.06. The molecule has 20 heavy (non-hydrogen) atoms. The van der Waals surface area contributed by atoms with Crippen molar-refractivity contribution < 1.29 is 0 Å². The lowest BCUT2D eigenvalue weighted by Gasteiger charge is -2.37. The topological polar surface area (TPSA) is 24.1 Å². The van der Waals surface area contributed by atoms with Crippen LogP contribution in [0.15, 0.2) is 18.2 Å². The fourth-order valence-electron chi connectivity index (χ4n) is 3.75. The highest BCUT2D eigenvalue weighted by atomic mass is 35.5. The normalized spacial score (nSPS) is 30.4. The van der Waals surface area contributed by atoms with Gasteiger partial charge in [-0.3, -0.25) is 0 Å². The molecule has 3 atom stereocenters. The van der Waals surface area contributed by atoms with Gasteiger partial charge in [0.15, 0.2) is 0 Å². The molecule has 1 heterocycles. The third kappa shape index (κ3) is 3.41. The predicted molar refractivity (Wildman–Crippen MR) is 86.9 cm³/mol. The van der Waals surface area contributed by atoms with Gasteiger partial charge in [0.2, 0.25) is 0 Å². The van der Waals surface area contributed by atoms with Crippen molar-refractivity contribution in [2.75, 3.05) is 11.9 Å². The van der Waals surface area contributed by atoms with Crippen molar-refractivity contribution in [2.24, 2.45) is 5.92 Å². The summed E-state index contributed by atoms with van der Waals surface area (Å²) in [6.45, 7) is 1.18. The summed E-state index contributed by atoms with van der Waals surface area (Å²) in [7, 11) is 0. The molecular weight excluding hydrogens is 291 g/mol. The Kier molecular flexibility index (Phi) is 4.75. The molecule has 0 amide bonds. The minimum absolute atomic E-state index is 0.536. The van der Waals surface area contributed by atoms with E-state index in [0.717, 1.165) is 11.6 Å². The van der Waals surface area contributed by atoms with E-state index in [-0.39, 0.29) is 0 Å². The summed E-state index contributed by atoms with van der Waals surface area (Å²) in [5.74, 6) is 0.726. The number of benzene rings is 1. The SMILES string of the molecule is Clc1cc(Cl)cc(NC2CCCCC2C2CCCN2)c1. The molecular formula is C16H22Cl2N2. The Labute approximate surface area is 131 Å². The number of nitrogens with one attached hydrogen (secondary N) is 2. The van der Waals surface area contributed by atoms with E-state index < -0.39 is 0 Å². The molecule has 2 nitrogen and oxygen atoms in total. The van der Waals surface area contributed by atoms with Crippen LogP contribution in [0.4, 0.5) is 5.69 Å². The minimum Gasteiger partial charge on any atom is -0.382 e. The zero-order valence-electron chi connectivity index (χ0n) is 11.7. The molecule has 2 N–H and O–H groups in total. The molecule has 1 aliphatic heterocycles. The third-order valence-electron chi connectivity index (χ3n) is 4.65. The van der Waals surface area contributed by atoms with Crippen LogP contribution in [0, 0.1) is 5.92 Å². The molecule has 2 fully saturated rings. The Balaban J connectivity index is 1.72. The van der Waals surface area contributed by atoms with Crippen LogP contribution in [0.2, 0.25) is 10.0 Å². The van der Waals surface area contributed by atoms with Gasteiger partial charge in [-0.05, 0) is 56.3 Å². The Bertz CT molecular complexity index is 438. The van der Waals surface area contributed by atoms with E-state index in [9.17, 15) is 0 Å². The highest BCUT2D eigenvalue weighted by Gasteiger charge is 2.33. The number of hydrogen-bond acceptors (Lipinski definition) is 2. The standard InChI is InChI=1S/C16H22Cl2N2/c17-11-8-12(18)10-13(9-11)20-16-5-2-1-4-14(16)15-6-3-7-19-15/h8-10,14-16,19-20H,1-7H2. The average molecular weight is 313 g/mol. The molecule has 1 saturated heterocycles. The zero-order chi connectivity index (χ0) is 13.9. The van der Waals surface area contributed by atoms with Crippen molar-refractivity contribution in [1.82, 2.24) is 5.32 Å². The van der Waals surface area contributed by atoms with Crippen LogP contribution < -0.4 is 10.6 Å². The van der Waals surface area contributed by atoms with Crippen molar-refractivity contribution in [3.05, 3.63) is 28.2 Å². The first-order valence-corrected chi connectivity index (χ1v) is 8.44. The van der Waals surface area contributed by atoms with Gasteiger partial charge in [-0.25, -0.2) is 0 Å². The van der Waals surface area contributed by atoms with E-state index in [2.05, 4.69) is 10.6 Å². The summed E-state index contributed by atoms with van der Waals surface area (Å²) in [6, 6.07) is 6.95. The largest absolute Gasteiger partial charge is 0.382 e. The minimum atomic E-state index is 0.536. The van der Waals surface area contributed by atoms with Crippen molar-refractivity contribution in [3.63, 3.8) is 0 Å². The monoisotopic (exact) mass is 312 g/mol. The third-order valence-corrected chi connectivity index (χ3v) is 5.09. The first-order chi connectivity index (χ1) is 9.72. The van der Waals surface area contributed by atoms with E-state index in [1.807, 2.05) is 12.1 Å². The number of anilines is 1. The molecule has 110 valence electrons. The highest BCUT2D eigenvalue weighted by Crippen LogP contribution is 2.33. The summed E-state index contributed by atoms with van der Waals surface area (Å²) in [5, 5.41) is 8.75. The van der Waals surface area contributed by atoms with E-state index >= 15 is 0 Å². The molecule has 4 heteroatoms. The van der Waals surface area contributed by atoms with E-state index in [0.29, 0.717) is 22.1 Å². The summed E-state index contributed by atoms with van der Waals surface area (Å²) in [6.07, 6.45) is 7.87. The van der Waals surface area contributed by atoms with Crippen molar-refractivity contribution in [2.45, 2.75) is 50.6 Å². The van der Waals surface area contributed by atoms with Crippen molar-refractivity contribution in [1.29, 1.82) is 0 Å². The van der Waals surface area contributed by atoms with E-state index in [1.54, 1.807) is 6.07 Å². The van der Waals surface area contributed by atoms with Crippen molar-refractivity contribution in [3.8, 4) is 0 Å². The van der Waals surface area contributed by atoms with Crippen LogP contribution in [0.3, 0.4) is 0 Å². The molecule has 1 saturated carbocycles. The quantitative estimate of drug-likeness (QED) is 0.844. The number of halogens is 2. The van der Waals surface area contributed by atoms with Gasteiger partial charge in [-0.1, -0.05) is 36.0 Å². The second kappa shape index (κ2) is 6.55. The van der Waals surface area contributed by atoms with Gasteiger partial charge in [-0.2, -0.15) is 0 Å². The highest BCUT2D eigenvalue weighted by molar-refractivity contribution is 6.35. The van der Waals surface area contributed by atoms with Crippen LogP contribution in [0.25, 0.3) is 0 Å². The molecule has 0 aromatic heterocycles. The fourth-order valence-corrected chi connectivity index (χ4v) is 4.27. The lowest BCUT2D eigenvalue weighted by atomic mass is 9.79. The van der Waals surface area contributed by atoms with Gasteiger partial charge >= 0.3 is 0 Å². The fraction of sp³-hybridized carbons (Fsp3) is 0.625. The summed E-state index contributed by atoms with van der Waals surface area (Å²) < 4.78 is 0. The Hall–Kier alpha value is -0.440. The molecule has 0 spiro atoms. The van der Waals surface area contributed by atoms with Crippen LogP contribution in [-0.4, -0.2) is 18.6 Å². The van der Waals surface area contributed by atoms with Gasteiger partial charge in [0, 0.05) is 27.8 Å². The van der Waals surface area contributed by atoms with Crippen molar-refractivity contribution >= 4 is 28.9 Å². The van der Waals surface area contributed by atoms with Crippen LogP contribution >= 0.6 is 23.2 Å². The van der Waals surface area contributed by atoms with Gasteiger partial charge in [-0.15, -0.1) is 0 Å². The molecule has 3 unspecified atom stereocenters. The van der Waals surface area contributed by atoms with Crippen LogP contribution in [0.1, 0.15) is 38.5 Å². The smallest absolute Gasteiger partial charge is 0.0441 e. The first-order valence-electron chi connectivity index (χ1n) is 7.68. The molecule has 1 aromatic carbocycles. The lowest BCUT2D eigenvalue weighted by Crippen LogP contribution is -2.43. The Morgan fingerprint density at radius 1 is 0.950 bits per heavy atom. The lowest BCUT2D eigenvalue weighted by molar-refractivity contribution is 0.263. The van der Waals surface area contributed by atoms with Gasteiger partial charge in [0.1, 0.15) is 0 Å². The summed E-state index contributed by atoms with van der Waals surface area (Å²) >= 11 is 12.2. The van der Waals surface area contributed by atoms with E-state index in [1.165, 1.54) is 45.1 Å². The zero-order valence-corrected chi connectivity index (χ0v) is 13.2. The molecule has 1 aromatic rings. The maximum Gasteiger partial charge on any atom is 0.0441 e. The van der Waals surface area contributed by atoms with Gasteiger partial charge in [0.05, 0.1) is 0 Å². The van der Waals surface area contributed by atoms with Gasteiger partial charge < -0.3 is 10.6 Å². The number of rotatable bonds is 3. The van der Waals surface area contributed by atoms with E-state index in [4.69, 9.17) is 23.2 Å². The average Bonchev–Trinajstić information content (AvgIpc) is 2.92. The van der Waals surface area contributed by atoms with Gasteiger partial charge in [0.25, 0.3) is 0 Å². The summed E-state index contributed by atoms with van der Waals surface area (Å²) in [4.78, 5) is 0. The molecule has 0 bridgehead atoms. The van der Waals surface area contributed by atoms with Crippen LogP contribution in [0.5, 0.6) is 0 Å². The Morgan fingerprint density at radius 2 is 1.70 bits per heavy atom. The Morgan fingerprint density at radius 3 is 2.40 bits per heavy atom.